The molecule has 0 saturated heterocycles. The van der Waals surface area contributed by atoms with E-state index < -0.39 is 19.7 Å². The second kappa shape index (κ2) is 27.3. The Bertz CT molecular complexity index is 3140. The Morgan fingerprint density at radius 3 is 1.62 bits per heavy atom. The van der Waals surface area contributed by atoms with Crippen LogP contribution in [0.4, 0.5) is 5.69 Å². The molecule has 2 fully saturated rings. The number of anilines is 1. The van der Waals surface area contributed by atoms with Gasteiger partial charge in [-0.15, -0.1) is 0 Å². The molecule has 2 aromatic carbocycles. The number of isocyanates is 1. The number of rotatable bonds is 14. The minimum Gasteiger partial charge on any atom is -0.398 e. The third kappa shape index (κ3) is 16.9. The van der Waals surface area contributed by atoms with Gasteiger partial charge in [-0.2, -0.15) is 0 Å². The number of carbonyl (C=O) groups excluding carboxylic acids is 2. The van der Waals surface area contributed by atoms with E-state index >= 15 is 0 Å². The number of carbonyl (C=O) groups is 1. The summed E-state index contributed by atoms with van der Waals surface area (Å²) < 4.78 is 50.4. The summed E-state index contributed by atoms with van der Waals surface area (Å²) in [6.07, 6.45) is 23.5. The van der Waals surface area contributed by atoms with E-state index in [1.807, 2.05) is 42.5 Å². The maximum absolute atomic E-state index is 12.9. The fourth-order valence-corrected chi connectivity index (χ4v) is 11.3. The summed E-state index contributed by atoms with van der Waals surface area (Å²) in [6, 6.07) is 14.8. The molecule has 8 rings (SSSR count). The Morgan fingerprint density at radius 2 is 1.17 bits per heavy atom. The number of hydrogen-bond donors (Lipinski definition) is 3. The molecule has 4 N–H and O–H groups in total. The number of hydrogen-bond acceptors (Lipinski definition) is 11. The van der Waals surface area contributed by atoms with Crippen LogP contribution in [-0.4, -0.2) is 90.6 Å². The third-order valence-corrected chi connectivity index (χ3v) is 15.0. The van der Waals surface area contributed by atoms with Crippen LogP contribution in [0.5, 0.6) is 0 Å². The van der Waals surface area contributed by atoms with Crippen LogP contribution in [0.3, 0.4) is 0 Å². The van der Waals surface area contributed by atoms with Gasteiger partial charge in [0, 0.05) is 67.0 Å². The summed E-state index contributed by atoms with van der Waals surface area (Å²) in [5.41, 5.74) is 14.3. The number of nitrogens with one attached hydrogen (secondary N) is 2. The molecule has 15 nitrogen and oxygen atoms in total. The lowest BCUT2D eigenvalue weighted by atomic mass is 9.84. The molecule has 0 bridgehead atoms. The van der Waals surface area contributed by atoms with E-state index in [1.165, 1.54) is 70.7 Å². The van der Waals surface area contributed by atoms with E-state index in [4.69, 9.17) is 5.73 Å². The number of fused-ring (bicyclic) bond motifs is 2. The Labute approximate surface area is 426 Å². The van der Waals surface area contributed by atoms with Crippen LogP contribution in [-0.2, 0) is 47.2 Å². The summed E-state index contributed by atoms with van der Waals surface area (Å²) in [6.45, 7) is 13.9. The molecule has 0 amide bonds. The standard InChI is InChI=1S/C25H30N2O4S.C16H17N3O3S.C7H11NO.C6H15N.CH4/c1-17-12-23(27-11-10-26-25(29)24(17)27)22-14-19(16-32(2,30)31)8-9-20(22)15-21(28)13-18-6-4-3-5-7-18;1-10-7-14(19-6-5-18-16(20)15(10)19)12-8-11(3-4-13(12)17)9-23(2,21)22;9-6-8-7-4-2-1-3-5-7;1-4-7(5-2)6-3;/h8-12,14,18H,3-7,13,15-16H2,1-2H3,(H,26,29);3-8H,9,17H2,1-2H3,(H,18,20);7H,1-5H2;4-6H2,1-3H3;1H4. The fourth-order valence-electron chi connectivity index (χ4n) is 9.70. The minimum absolute atomic E-state index is 0. The van der Waals surface area contributed by atoms with Crippen LogP contribution >= 0.6 is 0 Å². The molecular weight excluding hydrogens is 951 g/mol. The second-order valence-electron chi connectivity index (χ2n) is 19.0. The first-order chi connectivity index (χ1) is 33.7. The van der Waals surface area contributed by atoms with Crippen LogP contribution in [0.25, 0.3) is 33.5 Å². The quantitative estimate of drug-likeness (QED) is 0.0533. The van der Waals surface area contributed by atoms with Gasteiger partial charge in [-0.05, 0) is 110 Å². The van der Waals surface area contributed by atoms with Gasteiger partial charge in [0.25, 0.3) is 11.1 Å². The summed E-state index contributed by atoms with van der Waals surface area (Å²) >= 11 is 0. The molecule has 4 aromatic heterocycles. The SMILES string of the molecule is C.CCN(CC)CC.Cc1cc(-c2cc(CS(C)(=O)=O)ccc2CC(=O)CC2CCCCC2)n2cc[nH]c(=O)c12.Cc1cc(-c2cc(CS(C)(=O)=O)ccc2N)n2cc[nH]c(=O)c12.O=C=NC1CCCCC1. The van der Waals surface area contributed by atoms with Crippen molar-refractivity contribution in [3.8, 4) is 22.5 Å². The van der Waals surface area contributed by atoms with Crippen molar-refractivity contribution < 1.29 is 26.4 Å². The van der Waals surface area contributed by atoms with Crippen molar-refractivity contribution in [1.29, 1.82) is 0 Å². The Kier molecular flexibility index (Phi) is 22.2. The lowest BCUT2D eigenvalue weighted by molar-refractivity contribution is -0.119. The normalized spacial score (nSPS) is 14.2. The number of aryl methyl sites for hydroxylation is 2. The molecule has 0 aliphatic heterocycles. The van der Waals surface area contributed by atoms with E-state index in [1.54, 1.807) is 59.5 Å². The maximum Gasteiger partial charge on any atom is 0.272 e. The highest BCUT2D eigenvalue weighted by atomic mass is 32.2. The molecule has 0 atom stereocenters. The van der Waals surface area contributed by atoms with Gasteiger partial charge in [-0.25, -0.2) is 26.6 Å². The zero-order chi connectivity index (χ0) is 51.9. The second-order valence-corrected chi connectivity index (χ2v) is 23.3. The summed E-state index contributed by atoms with van der Waals surface area (Å²) in [5, 5.41) is 0. The molecule has 6 aromatic rings. The van der Waals surface area contributed by atoms with Gasteiger partial charge in [0.2, 0.25) is 6.08 Å². The predicted octanol–water partition coefficient (Wildman–Crippen LogP) is 9.60. The molecule has 2 aliphatic carbocycles. The van der Waals surface area contributed by atoms with Crippen LogP contribution in [0, 0.1) is 19.8 Å². The van der Waals surface area contributed by atoms with Crippen LogP contribution in [0.1, 0.15) is 127 Å². The number of aromatic nitrogens is 4. The van der Waals surface area contributed by atoms with E-state index in [-0.39, 0.29) is 35.8 Å². The average molecular weight is 1030 g/mol. The van der Waals surface area contributed by atoms with Gasteiger partial charge in [0.1, 0.15) is 16.8 Å². The molecule has 0 unspecified atom stereocenters. The average Bonchev–Trinajstić information content (AvgIpc) is 3.85. The van der Waals surface area contributed by atoms with Gasteiger partial charge in [0.15, 0.2) is 19.7 Å². The first-order valence-corrected chi connectivity index (χ1v) is 28.9. The number of nitrogens with zero attached hydrogens (tertiary/aromatic N) is 4. The van der Waals surface area contributed by atoms with Gasteiger partial charge in [-0.3, -0.25) is 14.4 Å². The Hall–Kier alpha value is -5.87. The van der Waals surface area contributed by atoms with Crippen LogP contribution in [0.15, 0.2) is 87.9 Å². The lowest BCUT2D eigenvalue weighted by Crippen LogP contribution is -2.21. The highest BCUT2D eigenvalue weighted by Crippen LogP contribution is 2.33. The maximum atomic E-state index is 12.9. The Morgan fingerprint density at radius 1 is 0.708 bits per heavy atom. The number of aliphatic imine (C=N–C) groups is 1. The van der Waals surface area contributed by atoms with Gasteiger partial charge in [-0.1, -0.05) is 97.8 Å². The number of nitrogens with two attached hydrogens (primary N) is 1. The molecule has 4 heterocycles. The lowest BCUT2D eigenvalue weighted by Gasteiger charge is -2.21. The molecular formula is C55H77N7O8S2. The number of benzene rings is 2. The molecule has 392 valence electrons. The number of nitrogen functional groups attached to an aromatic ring is 1. The molecule has 0 radical (unpaired) electrons. The predicted molar refractivity (Wildman–Crippen MR) is 293 cm³/mol. The van der Waals surface area contributed by atoms with Crippen LogP contribution < -0.4 is 16.9 Å². The topological polar surface area (TPSA) is 219 Å². The highest BCUT2D eigenvalue weighted by Gasteiger charge is 2.21. The molecule has 17 heteroatoms. The van der Waals surface area contributed by atoms with Crippen LogP contribution in [0.2, 0.25) is 0 Å². The minimum atomic E-state index is -3.20. The third-order valence-electron chi connectivity index (χ3n) is 13.2. The van der Waals surface area contributed by atoms with E-state index in [9.17, 15) is 36.0 Å². The van der Waals surface area contributed by atoms with E-state index in [0.717, 1.165) is 59.3 Å². The smallest absolute Gasteiger partial charge is 0.272 e. The zero-order valence-corrected chi connectivity index (χ0v) is 44.2. The number of ketones is 1. The van der Waals surface area contributed by atoms with Crippen molar-refractivity contribution in [3.63, 3.8) is 0 Å². The molecule has 2 aliphatic rings. The largest absolute Gasteiger partial charge is 0.398 e. The van der Waals surface area contributed by atoms with Gasteiger partial charge >= 0.3 is 0 Å². The number of H-pyrrole nitrogens is 2. The van der Waals surface area contributed by atoms with Crippen molar-refractivity contribution in [2.45, 2.75) is 137 Å². The number of Topliss-reactive ketones (excluding diaryl/α,β-unsaturated/α-hetero) is 1. The molecule has 0 spiro atoms. The van der Waals surface area contributed by atoms with Crippen molar-refractivity contribution in [2.24, 2.45) is 10.9 Å². The van der Waals surface area contributed by atoms with Gasteiger partial charge < -0.3 is 29.4 Å². The molecule has 72 heavy (non-hydrogen) atoms. The van der Waals surface area contributed by atoms with Crippen molar-refractivity contribution in [3.05, 3.63) is 122 Å². The number of aromatic amines is 2. The summed E-state index contributed by atoms with van der Waals surface area (Å²) in [5.74, 6) is 0.561. The zero-order valence-electron chi connectivity index (χ0n) is 42.6. The summed E-state index contributed by atoms with van der Waals surface area (Å²) in [4.78, 5) is 58.5. The first kappa shape index (κ1) is 58.7. The molecule has 2 saturated carbocycles. The number of sulfone groups is 2. The Balaban J connectivity index is 0.000000243. The van der Waals surface area contributed by atoms with E-state index in [0.29, 0.717) is 58.2 Å². The van der Waals surface area contributed by atoms with Gasteiger partial charge in [0.05, 0.1) is 28.9 Å². The fraction of sp³-hybridized carbons (Fsp3) is 0.491. The van der Waals surface area contributed by atoms with Crippen molar-refractivity contribution >= 4 is 48.3 Å². The first-order valence-electron chi connectivity index (χ1n) is 24.8. The van der Waals surface area contributed by atoms with Crippen molar-refractivity contribution in [2.75, 3.05) is 37.9 Å². The highest BCUT2D eigenvalue weighted by molar-refractivity contribution is 7.90. The monoisotopic (exact) mass is 1030 g/mol. The van der Waals surface area contributed by atoms with Crippen molar-refractivity contribution in [1.82, 2.24) is 23.7 Å². The van der Waals surface area contributed by atoms with E-state index in [2.05, 4.69) is 40.6 Å². The summed E-state index contributed by atoms with van der Waals surface area (Å²) in [7, 11) is -6.34.